The summed E-state index contributed by atoms with van der Waals surface area (Å²) in [6.07, 6.45) is 4.05. The van der Waals surface area contributed by atoms with E-state index < -0.39 is 11.9 Å². The van der Waals surface area contributed by atoms with Crippen molar-refractivity contribution < 1.29 is 14.6 Å². The lowest BCUT2D eigenvalue weighted by Gasteiger charge is -2.10. The van der Waals surface area contributed by atoms with E-state index >= 15 is 0 Å². The Bertz CT molecular complexity index is 396. The van der Waals surface area contributed by atoms with E-state index in [1.54, 1.807) is 6.26 Å². The van der Waals surface area contributed by atoms with Gasteiger partial charge in [-0.1, -0.05) is 31.2 Å². The molecule has 0 radical (unpaired) electrons. The summed E-state index contributed by atoms with van der Waals surface area (Å²) in [4.78, 5) is 11.1. The number of carbonyl (C=O) groups is 1. The van der Waals surface area contributed by atoms with E-state index in [4.69, 9.17) is 9.84 Å². The van der Waals surface area contributed by atoms with Crippen molar-refractivity contribution in [2.45, 2.75) is 26.2 Å². The molecule has 0 aliphatic heterocycles. The smallest absolute Gasteiger partial charge is 0.310 e. The van der Waals surface area contributed by atoms with Crippen LogP contribution in [0.4, 0.5) is 0 Å². The number of hydrogen-bond acceptors (Lipinski definition) is 2. The molecule has 3 heteroatoms. The Morgan fingerprint density at radius 3 is 2.82 bits per heavy atom. The average Bonchev–Trinajstić information content (AvgIpc) is 2.30. The van der Waals surface area contributed by atoms with E-state index in [0.717, 1.165) is 11.1 Å². The van der Waals surface area contributed by atoms with Gasteiger partial charge in [-0.2, -0.15) is 0 Å². The van der Waals surface area contributed by atoms with Crippen molar-refractivity contribution in [2.24, 2.45) is 0 Å². The van der Waals surface area contributed by atoms with E-state index in [1.807, 2.05) is 44.2 Å². The lowest BCUT2D eigenvalue weighted by molar-refractivity contribution is -0.138. The van der Waals surface area contributed by atoms with Gasteiger partial charge >= 0.3 is 5.97 Å². The predicted molar refractivity (Wildman–Crippen MR) is 67.8 cm³/mol. The van der Waals surface area contributed by atoms with Crippen LogP contribution in [0.2, 0.25) is 0 Å². The third-order valence-electron chi connectivity index (χ3n) is 2.54. The fourth-order valence-electron chi connectivity index (χ4n) is 1.66. The standard InChI is InChI=1S/C14H18O3/c1-3-13(14(15)16)12-7-5-6-11(10-12)8-9-17-4-2/h5-10,13H,3-4H2,1-2H3,(H,15,16). The molecular weight excluding hydrogens is 216 g/mol. The Balaban J connectivity index is 2.88. The molecule has 0 fully saturated rings. The monoisotopic (exact) mass is 234 g/mol. The summed E-state index contributed by atoms with van der Waals surface area (Å²) in [7, 11) is 0. The first-order chi connectivity index (χ1) is 8.19. The van der Waals surface area contributed by atoms with E-state index in [1.165, 1.54) is 0 Å². The van der Waals surface area contributed by atoms with Crippen LogP contribution in [0.5, 0.6) is 0 Å². The Morgan fingerprint density at radius 2 is 2.24 bits per heavy atom. The molecule has 0 aliphatic rings. The van der Waals surface area contributed by atoms with Gasteiger partial charge < -0.3 is 9.84 Å². The van der Waals surface area contributed by atoms with Crippen molar-refractivity contribution in [3.05, 3.63) is 41.7 Å². The first kappa shape index (κ1) is 13.3. The first-order valence-electron chi connectivity index (χ1n) is 5.80. The largest absolute Gasteiger partial charge is 0.501 e. The van der Waals surface area contributed by atoms with Crippen molar-refractivity contribution in [3.8, 4) is 0 Å². The maximum atomic E-state index is 11.1. The van der Waals surface area contributed by atoms with Crippen LogP contribution in [0, 0.1) is 0 Å². The summed E-state index contributed by atoms with van der Waals surface area (Å²) >= 11 is 0. The minimum atomic E-state index is -0.779. The second kappa shape index (κ2) is 6.74. The first-order valence-corrected chi connectivity index (χ1v) is 5.80. The molecule has 1 N–H and O–H groups in total. The van der Waals surface area contributed by atoms with Gasteiger partial charge in [-0.05, 0) is 30.5 Å². The minimum Gasteiger partial charge on any atom is -0.501 e. The molecule has 1 unspecified atom stereocenters. The Morgan fingerprint density at radius 1 is 1.47 bits per heavy atom. The summed E-state index contributed by atoms with van der Waals surface area (Å²) < 4.78 is 5.11. The number of hydrogen-bond donors (Lipinski definition) is 1. The molecule has 1 rings (SSSR count). The van der Waals surface area contributed by atoms with E-state index in [9.17, 15) is 4.79 Å². The predicted octanol–water partition coefficient (Wildman–Crippen LogP) is 3.27. The molecular formula is C14H18O3. The lowest BCUT2D eigenvalue weighted by Crippen LogP contribution is -2.10. The maximum absolute atomic E-state index is 11.1. The molecule has 0 bridgehead atoms. The lowest BCUT2D eigenvalue weighted by atomic mass is 9.95. The molecule has 1 aromatic carbocycles. The molecule has 1 atom stereocenters. The summed E-state index contributed by atoms with van der Waals surface area (Å²) in [5.74, 6) is -1.21. The van der Waals surface area contributed by atoms with Crippen LogP contribution in [-0.4, -0.2) is 17.7 Å². The van der Waals surface area contributed by atoms with Gasteiger partial charge in [-0.25, -0.2) is 0 Å². The summed E-state index contributed by atoms with van der Waals surface area (Å²) in [6, 6.07) is 7.53. The van der Waals surface area contributed by atoms with Crippen LogP contribution in [0.25, 0.3) is 6.08 Å². The average molecular weight is 234 g/mol. The third kappa shape index (κ3) is 3.94. The molecule has 0 aromatic heterocycles. The number of benzene rings is 1. The highest BCUT2D eigenvalue weighted by Gasteiger charge is 2.17. The molecule has 0 saturated heterocycles. The van der Waals surface area contributed by atoms with Gasteiger partial charge in [-0.3, -0.25) is 4.79 Å². The van der Waals surface area contributed by atoms with Crippen LogP contribution in [0.3, 0.4) is 0 Å². The van der Waals surface area contributed by atoms with Crippen molar-refractivity contribution in [3.63, 3.8) is 0 Å². The SMILES string of the molecule is CCOC=Cc1cccc(C(CC)C(=O)O)c1. The number of carboxylic acid groups (broad SMARTS) is 1. The summed E-state index contributed by atoms with van der Waals surface area (Å²) in [6.45, 7) is 4.42. The molecule has 0 saturated carbocycles. The maximum Gasteiger partial charge on any atom is 0.310 e. The van der Waals surface area contributed by atoms with Gasteiger partial charge in [0.25, 0.3) is 0 Å². The Labute approximate surface area is 102 Å². The highest BCUT2D eigenvalue weighted by atomic mass is 16.5. The Hall–Kier alpha value is -1.77. The van der Waals surface area contributed by atoms with Crippen LogP contribution in [-0.2, 0) is 9.53 Å². The van der Waals surface area contributed by atoms with Gasteiger partial charge in [0.2, 0.25) is 0 Å². The van der Waals surface area contributed by atoms with Crippen LogP contribution < -0.4 is 0 Å². The van der Waals surface area contributed by atoms with Gasteiger partial charge in [0, 0.05) is 0 Å². The van der Waals surface area contributed by atoms with Crippen LogP contribution in [0.1, 0.15) is 37.3 Å². The second-order valence-electron chi connectivity index (χ2n) is 3.73. The zero-order valence-corrected chi connectivity index (χ0v) is 10.2. The number of ether oxygens (including phenoxy) is 1. The number of aliphatic carboxylic acids is 1. The molecule has 3 nitrogen and oxygen atoms in total. The molecule has 0 heterocycles. The van der Waals surface area contributed by atoms with Crippen molar-refractivity contribution in [2.75, 3.05) is 6.61 Å². The van der Waals surface area contributed by atoms with Crippen LogP contribution in [0.15, 0.2) is 30.5 Å². The fourth-order valence-corrected chi connectivity index (χ4v) is 1.66. The molecule has 0 amide bonds. The van der Waals surface area contributed by atoms with Crippen molar-refractivity contribution in [1.82, 2.24) is 0 Å². The quantitative estimate of drug-likeness (QED) is 0.768. The fraction of sp³-hybridized carbons (Fsp3) is 0.357. The van der Waals surface area contributed by atoms with E-state index in [-0.39, 0.29) is 0 Å². The minimum absolute atomic E-state index is 0.435. The van der Waals surface area contributed by atoms with Gasteiger partial charge in [-0.15, -0.1) is 0 Å². The molecule has 17 heavy (non-hydrogen) atoms. The van der Waals surface area contributed by atoms with E-state index in [2.05, 4.69) is 0 Å². The molecule has 0 aliphatic carbocycles. The summed E-state index contributed by atoms with van der Waals surface area (Å²) in [5.41, 5.74) is 1.79. The Kier molecular flexibility index (Phi) is 5.27. The zero-order chi connectivity index (χ0) is 12.7. The second-order valence-corrected chi connectivity index (χ2v) is 3.73. The number of carboxylic acids is 1. The molecule has 92 valence electrons. The number of rotatable bonds is 6. The van der Waals surface area contributed by atoms with Gasteiger partial charge in [0.05, 0.1) is 18.8 Å². The molecule has 0 spiro atoms. The normalized spacial score (nSPS) is 12.6. The topological polar surface area (TPSA) is 46.5 Å². The third-order valence-corrected chi connectivity index (χ3v) is 2.54. The highest BCUT2D eigenvalue weighted by Crippen LogP contribution is 2.21. The van der Waals surface area contributed by atoms with Crippen LogP contribution >= 0.6 is 0 Å². The van der Waals surface area contributed by atoms with Gasteiger partial charge in [0.15, 0.2) is 0 Å². The van der Waals surface area contributed by atoms with Crippen molar-refractivity contribution >= 4 is 12.0 Å². The van der Waals surface area contributed by atoms with Gasteiger partial charge in [0.1, 0.15) is 0 Å². The molecule has 1 aromatic rings. The highest BCUT2D eigenvalue weighted by molar-refractivity contribution is 5.76. The summed E-state index contributed by atoms with van der Waals surface area (Å²) in [5, 5.41) is 9.09. The van der Waals surface area contributed by atoms with Crippen molar-refractivity contribution in [1.29, 1.82) is 0 Å². The zero-order valence-electron chi connectivity index (χ0n) is 10.2. The van der Waals surface area contributed by atoms with E-state index in [0.29, 0.717) is 13.0 Å².